The number of hydrogen-bond donors (Lipinski definition) is 0. The molecule has 3 fully saturated rings. The molecule has 9 nitrogen and oxygen atoms in total. The Balaban J connectivity index is 0.00000192. The molecule has 4 atom stereocenters. The van der Waals surface area contributed by atoms with E-state index in [2.05, 4.69) is 4.18 Å². The molecule has 0 aromatic rings. The second kappa shape index (κ2) is 5.91. The van der Waals surface area contributed by atoms with Gasteiger partial charge in [0.15, 0.2) is 21.9 Å². The van der Waals surface area contributed by atoms with Gasteiger partial charge in [0, 0.05) is 0 Å². The standard InChI is InChI=1S/C12H20NO8S.Li/c1-10(2)18-7-5-16-12(6-17-22(13,14)15)9(8(7)19-10)20-11(3,4)21-12;/h7-9H,5-6H2,1-4H3,(H-,13,14,15);/q-1;+1/t7-,8-,9+,12+;/m1./s1. The molecule has 128 valence electrons. The van der Waals surface area contributed by atoms with Crippen LogP contribution < -0.4 is 18.9 Å². The van der Waals surface area contributed by atoms with Gasteiger partial charge in [-0.2, -0.15) is 0 Å². The largest absolute Gasteiger partial charge is 1.00 e. The molecule has 0 aliphatic carbocycles. The first-order valence-electron chi connectivity index (χ1n) is 6.93. The first-order valence-corrected chi connectivity index (χ1v) is 8.34. The molecule has 0 saturated carbocycles. The minimum absolute atomic E-state index is 0. The van der Waals surface area contributed by atoms with Gasteiger partial charge in [0.1, 0.15) is 24.9 Å². The number of rotatable bonds is 3. The Hall–Kier alpha value is 0.267. The van der Waals surface area contributed by atoms with Gasteiger partial charge in [0.25, 0.3) is 0 Å². The predicted octanol–water partition coefficient (Wildman–Crippen LogP) is -2.30. The van der Waals surface area contributed by atoms with Crippen LogP contribution in [0.2, 0.25) is 0 Å². The summed E-state index contributed by atoms with van der Waals surface area (Å²) in [6.07, 6.45) is -1.56. The van der Waals surface area contributed by atoms with Crippen LogP contribution in [0, 0.1) is 0 Å². The number of fused-ring (bicyclic) bond motifs is 3. The van der Waals surface area contributed by atoms with E-state index in [0.29, 0.717) is 0 Å². The minimum atomic E-state index is -4.39. The van der Waals surface area contributed by atoms with Crippen molar-refractivity contribution in [2.45, 2.75) is 63.4 Å². The smallest absolute Gasteiger partial charge is 0.540 e. The fraction of sp³-hybridized carbons (Fsp3) is 1.00. The Labute approximate surface area is 147 Å². The quantitative estimate of drug-likeness (QED) is 0.525. The normalized spacial score (nSPS) is 41.0. The summed E-state index contributed by atoms with van der Waals surface area (Å²) in [5.41, 5.74) is 0. The summed E-state index contributed by atoms with van der Waals surface area (Å²) in [6, 6.07) is 0. The first kappa shape index (κ1) is 19.6. The predicted molar refractivity (Wildman–Crippen MR) is 71.7 cm³/mol. The molecular formula is C12H20LiNO8S. The van der Waals surface area contributed by atoms with Gasteiger partial charge in [-0.05, 0) is 27.7 Å². The van der Waals surface area contributed by atoms with Crippen molar-refractivity contribution in [2.24, 2.45) is 0 Å². The average Bonchev–Trinajstić information content (AvgIpc) is 2.78. The molecule has 3 saturated heterocycles. The van der Waals surface area contributed by atoms with E-state index in [-0.39, 0.29) is 31.6 Å². The van der Waals surface area contributed by atoms with Crippen molar-refractivity contribution in [1.82, 2.24) is 0 Å². The second-order valence-corrected chi connectivity index (χ2v) is 7.66. The van der Waals surface area contributed by atoms with Crippen LogP contribution in [-0.2, 0) is 38.2 Å². The maximum atomic E-state index is 11.0. The molecule has 0 radical (unpaired) electrons. The van der Waals surface area contributed by atoms with Crippen molar-refractivity contribution in [3.8, 4) is 0 Å². The van der Waals surface area contributed by atoms with Gasteiger partial charge in [-0.15, -0.1) is 0 Å². The molecule has 3 aliphatic heterocycles. The number of ether oxygens (including phenoxy) is 5. The molecule has 3 aliphatic rings. The van der Waals surface area contributed by atoms with Crippen LogP contribution in [0.4, 0.5) is 0 Å². The Morgan fingerprint density at radius 1 is 1.13 bits per heavy atom. The van der Waals surface area contributed by atoms with E-state index in [4.69, 9.17) is 28.8 Å². The second-order valence-electron chi connectivity index (χ2n) is 6.52. The fourth-order valence-electron chi connectivity index (χ4n) is 3.11. The molecule has 0 aromatic carbocycles. The third-order valence-electron chi connectivity index (χ3n) is 3.69. The monoisotopic (exact) mass is 345 g/mol. The molecule has 0 amide bonds. The Kier molecular flexibility index (Phi) is 5.04. The maximum absolute atomic E-state index is 11.0. The molecule has 11 heteroatoms. The third-order valence-corrected chi connectivity index (χ3v) is 4.12. The van der Waals surface area contributed by atoms with Gasteiger partial charge >= 0.3 is 18.9 Å². The van der Waals surface area contributed by atoms with Gasteiger partial charge in [0.2, 0.25) is 5.79 Å². The van der Waals surface area contributed by atoms with Crippen molar-refractivity contribution in [3.63, 3.8) is 0 Å². The van der Waals surface area contributed by atoms with E-state index in [9.17, 15) is 8.42 Å². The van der Waals surface area contributed by atoms with Crippen LogP contribution in [0.5, 0.6) is 0 Å². The van der Waals surface area contributed by atoms with E-state index in [1.807, 2.05) is 0 Å². The van der Waals surface area contributed by atoms with Gasteiger partial charge in [-0.3, -0.25) is 4.18 Å². The summed E-state index contributed by atoms with van der Waals surface area (Å²) < 4.78 is 55.5. The summed E-state index contributed by atoms with van der Waals surface area (Å²) >= 11 is 0. The fourth-order valence-corrected chi connectivity index (χ4v) is 3.43. The van der Waals surface area contributed by atoms with Crippen LogP contribution >= 0.6 is 0 Å². The van der Waals surface area contributed by atoms with Gasteiger partial charge in [-0.25, -0.2) is 8.42 Å². The Morgan fingerprint density at radius 2 is 1.78 bits per heavy atom. The summed E-state index contributed by atoms with van der Waals surface area (Å²) in [6.45, 7) is 6.58. The topological polar surface area (TPSA) is 113 Å². The van der Waals surface area contributed by atoms with Crippen molar-refractivity contribution in [2.75, 3.05) is 13.2 Å². The summed E-state index contributed by atoms with van der Waals surface area (Å²) in [7, 11) is -4.39. The maximum Gasteiger partial charge on any atom is 1.00 e. The molecular weight excluding hydrogens is 325 g/mol. The van der Waals surface area contributed by atoms with E-state index in [1.54, 1.807) is 27.7 Å². The molecule has 3 rings (SSSR count). The van der Waals surface area contributed by atoms with Crippen LogP contribution in [0.15, 0.2) is 0 Å². The zero-order valence-corrected chi connectivity index (χ0v) is 14.6. The Morgan fingerprint density at radius 3 is 2.39 bits per heavy atom. The van der Waals surface area contributed by atoms with Gasteiger partial charge < -0.3 is 28.8 Å². The van der Waals surface area contributed by atoms with E-state index >= 15 is 0 Å². The zero-order valence-electron chi connectivity index (χ0n) is 13.8. The van der Waals surface area contributed by atoms with E-state index < -0.39 is 46.5 Å². The summed E-state index contributed by atoms with van der Waals surface area (Å²) in [5.74, 6) is -3.26. The average molecular weight is 345 g/mol. The van der Waals surface area contributed by atoms with Crippen LogP contribution in [-0.4, -0.2) is 57.3 Å². The van der Waals surface area contributed by atoms with Crippen molar-refractivity contribution in [1.29, 1.82) is 0 Å². The zero-order chi connectivity index (χ0) is 16.4. The first-order chi connectivity index (χ1) is 9.92. The van der Waals surface area contributed by atoms with Crippen LogP contribution in [0.3, 0.4) is 0 Å². The molecule has 3 heterocycles. The minimum Gasteiger partial charge on any atom is -0.540 e. The Bertz CT molecular complexity index is 567. The van der Waals surface area contributed by atoms with E-state index in [0.717, 1.165) is 0 Å². The molecule has 0 bridgehead atoms. The summed E-state index contributed by atoms with van der Waals surface area (Å²) in [4.78, 5) is 0. The van der Waals surface area contributed by atoms with Crippen molar-refractivity contribution >= 4 is 10.3 Å². The third kappa shape index (κ3) is 3.93. The van der Waals surface area contributed by atoms with Gasteiger partial charge in [-0.1, -0.05) is 0 Å². The van der Waals surface area contributed by atoms with Gasteiger partial charge in [0.05, 0.1) is 6.61 Å². The molecule has 0 aromatic heterocycles. The molecule has 23 heavy (non-hydrogen) atoms. The molecule has 0 unspecified atom stereocenters. The van der Waals surface area contributed by atoms with Crippen molar-refractivity contribution < 1.29 is 55.1 Å². The number of hydrogen-bond acceptors (Lipinski definition) is 8. The molecule has 1 N–H and O–H groups in total. The van der Waals surface area contributed by atoms with Crippen LogP contribution in [0.25, 0.3) is 5.14 Å². The van der Waals surface area contributed by atoms with Crippen molar-refractivity contribution in [3.05, 3.63) is 5.14 Å². The molecule has 0 spiro atoms. The summed E-state index contributed by atoms with van der Waals surface area (Å²) in [5, 5.41) is 6.85. The SMILES string of the molecule is CC1(C)O[C@@H]2[C@@H](CO[C@@]3(COS([NH-])(=O)=O)OC(C)(C)O[C@@H]23)O1.[Li+]. The van der Waals surface area contributed by atoms with Crippen LogP contribution in [0.1, 0.15) is 27.7 Å². The number of nitrogens with one attached hydrogen (secondary N) is 1. The van der Waals surface area contributed by atoms with E-state index in [1.165, 1.54) is 0 Å².